The number of nitrogens with zero attached hydrogens (tertiary/aromatic N) is 4. The number of ether oxygens (including phenoxy) is 2. The number of likely N-dealkylation sites (tertiary alicyclic amines) is 1. The SMILES string of the molecule is CC1(C)CCC(COc2cccc(-c3cn(C4CC(CN5CC(O)C5)C4)c4ncnc(N)c34)c2)O1. The van der Waals surface area contributed by atoms with Crippen LogP contribution in [-0.4, -0.2) is 68.6 Å². The predicted octanol–water partition coefficient (Wildman–Crippen LogP) is 3.64. The quantitative estimate of drug-likeness (QED) is 0.536. The number of β-amino-alcohol motifs (C(OH)–C–C–N with tert-alkyl or cyclic N) is 1. The monoisotopic (exact) mass is 477 g/mol. The summed E-state index contributed by atoms with van der Waals surface area (Å²) >= 11 is 0. The molecule has 0 spiro atoms. The van der Waals surface area contributed by atoms with E-state index in [4.69, 9.17) is 15.2 Å². The molecule has 3 aliphatic rings. The van der Waals surface area contributed by atoms with Crippen molar-refractivity contribution in [2.45, 2.75) is 63.4 Å². The Morgan fingerprint density at radius 2 is 2.06 bits per heavy atom. The van der Waals surface area contributed by atoms with Crippen molar-refractivity contribution in [3.8, 4) is 16.9 Å². The number of nitrogens with two attached hydrogens (primary N) is 1. The first-order chi connectivity index (χ1) is 16.8. The van der Waals surface area contributed by atoms with E-state index in [0.29, 0.717) is 24.4 Å². The molecule has 0 radical (unpaired) electrons. The molecule has 1 aliphatic carbocycles. The molecule has 1 unspecified atom stereocenters. The van der Waals surface area contributed by atoms with Crippen molar-refractivity contribution in [3.63, 3.8) is 0 Å². The van der Waals surface area contributed by atoms with Crippen molar-refractivity contribution < 1.29 is 14.6 Å². The van der Waals surface area contributed by atoms with Crippen molar-refractivity contribution >= 4 is 16.9 Å². The molecule has 1 aromatic carbocycles. The first kappa shape index (κ1) is 22.8. The van der Waals surface area contributed by atoms with Crippen molar-refractivity contribution in [3.05, 3.63) is 36.8 Å². The van der Waals surface area contributed by atoms with Crippen LogP contribution in [0.2, 0.25) is 0 Å². The number of fused-ring (bicyclic) bond motifs is 1. The minimum absolute atomic E-state index is 0.0632. The second kappa shape index (κ2) is 8.76. The van der Waals surface area contributed by atoms with Gasteiger partial charge in [0, 0.05) is 37.4 Å². The fraction of sp³-hybridized carbons (Fsp3) is 0.556. The summed E-state index contributed by atoms with van der Waals surface area (Å²) in [5.41, 5.74) is 9.28. The molecule has 3 aromatic rings. The lowest BCUT2D eigenvalue weighted by atomic mass is 9.79. The van der Waals surface area contributed by atoms with Crippen molar-refractivity contribution in [2.75, 3.05) is 32.0 Å². The van der Waals surface area contributed by atoms with E-state index in [1.807, 2.05) is 12.1 Å². The zero-order valence-electron chi connectivity index (χ0n) is 20.6. The molecule has 3 N–H and O–H groups in total. The number of benzene rings is 1. The standard InChI is InChI=1S/C27H35N5O3/c1-27(2)7-6-22(35-27)15-34-21-5-3-4-18(10-21)23-14-32(26-24(23)25(28)29-16-30-26)19-8-17(9-19)11-31-12-20(33)13-31/h3-5,10,14,16-17,19-20,22,33H,6-9,11-13,15H2,1-2H3,(H2,28,29,30). The molecule has 8 nitrogen and oxygen atoms in total. The number of aliphatic hydroxyl groups is 1. The largest absolute Gasteiger partial charge is 0.491 e. The Morgan fingerprint density at radius 3 is 2.80 bits per heavy atom. The summed E-state index contributed by atoms with van der Waals surface area (Å²) in [7, 11) is 0. The van der Waals surface area contributed by atoms with E-state index in [2.05, 4.69) is 51.6 Å². The third-order valence-corrected chi connectivity index (χ3v) is 7.83. The molecular formula is C27H35N5O3. The highest BCUT2D eigenvalue weighted by Gasteiger charge is 2.36. The van der Waals surface area contributed by atoms with Crippen LogP contribution in [0.1, 0.15) is 45.6 Å². The van der Waals surface area contributed by atoms with Crippen LogP contribution >= 0.6 is 0 Å². The summed E-state index contributed by atoms with van der Waals surface area (Å²) in [6.45, 7) is 7.51. The first-order valence-electron chi connectivity index (χ1n) is 12.8. The van der Waals surface area contributed by atoms with E-state index in [1.54, 1.807) is 6.33 Å². The maximum Gasteiger partial charge on any atom is 0.146 e. The smallest absolute Gasteiger partial charge is 0.146 e. The van der Waals surface area contributed by atoms with Crippen LogP contribution < -0.4 is 10.5 Å². The molecule has 4 heterocycles. The predicted molar refractivity (Wildman–Crippen MR) is 135 cm³/mol. The van der Waals surface area contributed by atoms with Gasteiger partial charge in [0.25, 0.3) is 0 Å². The number of hydrogen-bond acceptors (Lipinski definition) is 7. The average molecular weight is 478 g/mol. The van der Waals surface area contributed by atoms with Crippen LogP contribution in [0.5, 0.6) is 5.75 Å². The summed E-state index contributed by atoms with van der Waals surface area (Å²) in [4.78, 5) is 11.3. The highest BCUT2D eigenvalue weighted by atomic mass is 16.6. The van der Waals surface area contributed by atoms with E-state index in [1.165, 1.54) is 0 Å². The summed E-state index contributed by atoms with van der Waals surface area (Å²) in [5, 5.41) is 10.5. The average Bonchev–Trinajstić information content (AvgIpc) is 3.34. The van der Waals surface area contributed by atoms with Gasteiger partial charge >= 0.3 is 0 Å². The van der Waals surface area contributed by atoms with E-state index >= 15 is 0 Å². The van der Waals surface area contributed by atoms with Gasteiger partial charge in [0.15, 0.2) is 0 Å². The van der Waals surface area contributed by atoms with Crippen LogP contribution in [-0.2, 0) is 4.74 Å². The third-order valence-electron chi connectivity index (χ3n) is 7.83. The van der Waals surface area contributed by atoms with Crippen LogP contribution in [0.25, 0.3) is 22.2 Å². The molecule has 1 atom stereocenters. The van der Waals surface area contributed by atoms with Gasteiger partial charge in [0.1, 0.15) is 30.1 Å². The lowest BCUT2D eigenvalue weighted by molar-refractivity contribution is -0.0326. The number of nitrogen functional groups attached to an aromatic ring is 1. The maximum atomic E-state index is 9.55. The summed E-state index contributed by atoms with van der Waals surface area (Å²) in [6, 6.07) is 8.58. The second-order valence-corrected chi connectivity index (χ2v) is 11.1. The molecule has 0 amide bonds. The van der Waals surface area contributed by atoms with Gasteiger partial charge in [-0.3, -0.25) is 4.90 Å². The van der Waals surface area contributed by atoms with Crippen molar-refractivity contribution in [1.82, 2.24) is 19.4 Å². The van der Waals surface area contributed by atoms with Gasteiger partial charge in [-0.15, -0.1) is 0 Å². The van der Waals surface area contributed by atoms with E-state index in [0.717, 1.165) is 73.2 Å². The van der Waals surface area contributed by atoms with Gasteiger partial charge in [-0.1, -0.05) is 12.1 Å². The Morgan fingerprint density at radius 1 is 1.23 bits per heavy atom. The molecule has 6 rings (SSSR count). The van der Waals surface area contributed by atoms with Crippen molar-refractivity contribution in [2.24, 2.45) is 5.92 Å². The van der Waals surface area contributed by atoms with Gasteiger partial charge in [0.05, 0.1) is 23.2 Å². The second-order valence-electron chi connectivity index (χ2n) is 11.1. The molecule has 1 saturated carbocycles. The third kappa shape index (κ3) is 4.50. The lowest BCUT2D eigenvalue weighted by Crippen LogP contribution is -2.53. The fourth-order valence-corrected chi connectivity index (χ4v) is 5.88. The minimum Gasteiger partial charge on any atom is -0.491 e. The highest BCUT2D eigenvalue weighted by Crippen LogP contribution is 2.43. The highest BCUT2D eigenvalue weighted by molar-refractivity contribution is 6.00. The number of aromatic nitrogens is 3. The zero-order valence-corrected chi connectivity index (χ0v) is 20.6. The summed E-state index contributed by atoms with van der Waals surface area (Å²) in [6.07, 6.45) is 8.03. The Hall–Kier alpha value is -2.68. The van der Waals surface area contributed by atoms with Crippen LogP contribution in [0, 0.1) is 5.92 Å². The number of anilines is 1. The first-order valence-corrected chi connectivity index (χ1v) is 12.8. The molecule has 35 heavy (non-hydrogen) atoms. The fourth-order valence-electron chi connectivity index (χ4n) is 5.88. The molecule has 2 aromatic heterocycles. The molecular weight excluding hydrogens is 442 g/mol. The van der Waals surface area contributed by atoms with E-state index < -0.39 is 0 Å². The Bertz CT molecular complexity index is 1210. The molecule has 2 aliphatic heterocycles. The summed E-state index contributed by atoms with van der Waals surface area (Å²) in [5.74, 6) is 1.99. The Kier molecular flexibility index (Phi) is 5.70. The van der Waals surface area contributed by atoms with Crippen LogP contribution in [0.15, 0.2) is 36.8 Å². The van der Waals surface area contributed by atoms with E-state index in [-0.39, 0.29) is 17.8 Å². The van der Waals surface area contributed by atoms with Crippen LogP contribution in [0.3, 0.4) is 0 Å². The van der Waals surface area contributed by atoms with Gasteiger partial charge < -0.3 is 24.9 Å². The van der Waals surface area contributed by atoms with E-state index in [9.17, 15) is 5.11 Å². The van der Waals surface area contributed by atoms with Gasteiger partial charge in [-0.25, -0.2) is 9.97 Å². The molecule has 3 fully saturated rings. The Labute approximate surface area is 206 Å². The molecule has 0 bridgehead atoms. The van der Waals surface area contributed by atoms with Gasteiger partial charge in [-0.2, -0.15) is 0 Å². The molecule has 186 valence electrons. The normalized spacial score (nSPS) is 26.5. The zero-order chi connectivity index (χ0) is 24.2. The van der Waals surface area contributed by atoms with Gasteiger partial charge in [-0.05, 0) is 63.1 Å². The van der Waals surface area contributed by atoms with Crippen molar-refractivity contribution in [1.29, 1.82) is 0 Å². The van der Waals surface area contributed by atoms with Gasteiger partial charge in [0.2, 0.25) is 0 Å². The number of rotatable bonds is 7. The number of hydrogen-bond donors (Lipinski definition) is 2. The topological polar surface area (TPSA) is 98.7 Å². The Balaban J connectivity index is 1.21. The minimum atomic E-state index is -0.140. The maximum absolute atomic E-state index is 9.55. The van der Waals surface area contributed by atoms with Crippen LogP contribution in [0.4, 0.5) is 5.82 Å². The summed E-state index contributed by atoms with van der Waals surface area (Å²) < 4.78 is 14.5. The lowest BCUT2D eigenvalue weighted by Gasteiger charge is -2.43. The molecule has 2 saturated heterocycles. The number of aliphatic hydroxyl groups excluding tert-OH is 1. The molecule has 8 heteroatoms.